The summed E-state index contributed by atoms with van der Waals surface area (Å²) in [5, 5.41) is 0. The van der Waals surface area contributed by atoms with E-state index in [4.69, 9.17) is 0 Å². The average molecular weight is 292 g/mol. The molecular weight excluding hydrogens is 270 g/mol. The topological polar surface area (TPSA) is 0 Å². The summed E-state index contributed by atoms with van der Waals surface area (Å²) in [6, 6.07) is 0. The molecule has 0 aliphatic heterocycles. The molecular formula is C7H22P6. The predicted molar refractivity (Wildman–Crippen MR) is 85.6 cm³/mol. The molecule has 6 atom stereocenters. The van der Waals surface area contributed by atoms with Crippen LogP contribution in [0, 0.1) is 0 Å². The van der Waals surface area contributed by atoms with Gasteiger partial charge in [-0.3, -0.25) is 0 Å². The number of hydrogen-bond acceptors (Lipinski definition) is 0. The monoisotopic (exact) mass is 292 g/mol. The van der Waals surface area contributed by atoms with Crippen LogP contribution in [0.5, 0.6) is 0 Å². The van der Waals surface area contributed by atoms with Gasteiger partial charge in [-0.15, -0.1) is 26.4 Å². The summed E-state index contributed by atoms with van der Waals surface area (Å²) < 4.78 is 0. The predicted octanol–water partition coefficient (Wildman–Crippen LogP) is 4.80. The second-order valence-corrected chi connectivity index (χ2v) is 16.7. The van der Waals surface area contributed by atoms with Crippen LogP contribution in [-0.2, 0) is 0 Å². The smallest absolute Gasteiger partial charge is 0.0116 e. The summed E-state index contributed by atoms with van der Waals surface area (Å²) in [7, 11) is 8.99. The van der Waals surface area contributed by atoms with Crippen LogP contribution < -0.4 is 0 Å². The summed E-state index contributed by atoms with van der Waals surface area (Å²) >= 11 is 0. The minimum atomic E-state index is 0.290. The summed E-state index contributed by atoms with van der Waals surface area (Å²) in [6.45, 7) is 4.68. The summed E-state index contributed by atoms with van der Waals surface area (Å²) in [5.74, 6) is 1.48. The van der Waals surface area contributed by atoms with Gasteiger partial charge in [0.15, 0.2) is 0 Å². The summed E-state index contributed by atoms with van der Waals surface area (Å²) in [5.41, 5.74) is 0. The molecule has 0 fully saturated rings. The number of hydrogen-bond donors (Lipinski definition) is 0. The zero-order chi connectivity index (χ0) is 10.1. The highest BCUT2D eigenvalue weighted by molar-refractivity contribution is 8.44. The van der Waals surface area contributed by atoms with Gasteiger partial charge >= 0.3 is 0 Å². The van der Waals surface area contributed by atoms with Crippen LogP contribution in [0.15, 0.2) is 0 Å². The molecule has 0 saturated carbocycles. The van der Waals surface area contributed by atoms with Gasteiger partial charge in [0.1, 0.15) is 0 Å². The van der Waals surface area contributed by atoms with Crippen molar-refractivity contribution in [2.75, 3.05) is 31.1 Å². The quantitative estimate of drug-likeness (QED) is 0.445. The molecule has 0 bridgehead atoms. The van der Waals surface area contributed by atoms with Gasteiger partial charge in [-0.25, -0.2) is 0 Å². The van der Waals surface area contributed by atoms with E-state index < -0.39 is 0 Å². The van der Waals surface area contributed by atoms with Crippen molar-refractivity contribution in [1.82, 2.24) is 0 Å². The minimum absolute atomic E-state index is 0.290. The van der Waals surface area contributed by atoms with E-state index in [1.54, 1.807) is 0 Å². The molecule has 0 heterocycles. The largest absolute Gasteiger partial charge is 0.117 e. The molecule has 0 spiro atoms. The van der Waals surface area contributed by atoms with Crippen molar-refractivity contribution in [3.05, 3.63) is 0 Å². The molecule has 0 nitrogen and oxygen atoms in total. The molecule has 80 valence electrons. The maximum Gasteiger partial charge on any atom is -0.0116 e. The first-order valence-corrected chi connectivity index (χ1v) is 15.0. The Morgan fingerprint density at radius 1 is 1.31 bits per heavy atom. The Hall–Kier alpha value is 2.58. The first kappa shape index (κ1) is 15.6. The lowest BCUT2D eigenvalue weighted by Gasteiger charge is -2.14. The van der Waals surface area contributed by atoms with Crippen LogP contribution in [0.3, 0.4) is 0 Å². The molecule has 0 aromatic rings. The van der Waals surface area contributed by atoms with E-state index in [1.807, 2.05) is 0 Å². The van der Waals surface area contributed by atoms with Crippen molar-refractivity contribution < 1.29 is 0 Å². The molecule has 0 aromatic carbocycles. The molecule has 0 amide bonds. The van der Waals surface area contributed by atoms with Crippen LogP contribution in [0.4, 0.5) is 0 Å². The van der Waals surface area contributed by atoms with Gasteiger partial charge in [0.05, 0.1) is 0 Å². The van der Waals surface area contributed by atoms with Crippen molar-refractivity contribution >= 4 is 49.6 Å². The van der Waals surface area contributed by atoms with E-state index in [0.717, 1.165) is 7.96 Å². The second kappa shape index (κ2) is 11.1. The van der Waals surface area contributed by atoms with Crippen LogP contribution >= 0.6 is 49.6 Å². The third kappa shape index (κ3) is 10.9. The molecule has 0 N–H and O–H groups in total. The fourth-order valence-corrected chi connectivity index (χ4v) is 11.7. The van der Waals surface area contributed by atoms with Crippen molar-refractivity contribution in [3.8, 4) is 0 Å². The lowest BCUT2D eigenvalue weighted by atomic mass is 10.6. The van der Waals surface area contributed by atoms with Gasteiger partial charge in [-0.05, 0) is 31.1 Å². The van der Waals surface area contributed by atoms with Gasteiger partial charge in [0, 0.05) is 0 Å². The normalized spacial score (nSPS) is 17.5. The standard InChI is InChI=1S/C7H22P6/c1-3-5-13(11-8)6-4-10-7-12(2)9/h10-11H,3-9H2,1-2H3. The van der Waals surface area contributed by atoms with Gasteiger partial charge < -0.3 is 0 Å². The van der Waals surface area contributed by atoms with E-state index in [9.17, 15) is 0 Å². The molecule has 6 heteroatoms. The Balaban J connectivity index is 3.27. The Morgan fingerprint density at radius 3 is 2.46 bits per heavy atom. The summed E-state index contributed by atoms with van der Waals surface area (Å²) in [6.07, 6.45) is 5.94. The fraction of sp³-hybridized carbons (Fsp3) is 1.00. The molecule has 0 aliphatic rings. The first-order chi connectivity index (χ1) is 6.20. The van der Waals surface area contributed by atoms with Crippen LogP contribution in [-0.4, -0.2) is 31.1 Å². The summed E-state index contributed by atoms with van der Waals surface area (Å²) in [4.78, 5) is 0. The van der Waals surface area contributed by atoms with Crippen LogP contribution in [0.2, 0.25) is 0 Å². The zero-order valence-corrected chi connectivity index (χ0v) is 14.7. The molecule has 13 heavy (non-hydrogen) atoms. The molecule has 0 rings (SSSR count). The zero-order valence-electron chi connectivity index (χ0n) is 8.58. The molecule has 0 aromatic heterocycles. The Morgan fingerprint density at radius 2 is 2.00 bits per heavy atom. The minimum Gasteiger partial charge on any atom is -0.117 e. The van der Waals surface area contributed by atoms with Gasteiger partial charge in [-0.1, -0.05) is 36.5 Å². The van der Waals surface area contributed by atoms with Crippen LogP contribution in [0.25, 0.3) is 0 Å². The molecule has 6 unspecified atom stereocenters. The van der Waals surface area contributed by atoms with E-state index in [2.05, 4.69) is 31.4 Å². The molecule has 0 radical (unpaired) electrons. The molecule has 0 aliphatic carbocycles. The Labute approximate surface area is 94.1 Å². The van der Waals surface area contributed by atoms with Crippen molar-refractivity contribution in [2.24, 2.45) is 0 Å². The van der Waals surface area contributed by atoms with E-state index >= 15 is 0 Å². The Kier molecular flexibility index (Phi) is 13.3. The third-order valence-corrected chi connectivity index (χ3v) is 15.0. The molecule has 0 saturated heterocycles. The average Bonchev–Trinajstić information content (AvgIpc) is 2.10. The third-order valence-electron chi connectivity index (χ3n) is 1.60. The maximum atomic E-state index is 2.96. The van der Waals surface area contributed by atoms with E-state index in [-0.39, 0.29) is 7.61 Å². The van der Waals surface area contributed by atoms with Gasteiger partial charge in [0.25, 0.3) is 0 Å². The van der Waals surface area contributed by atoms with Crippen LogP contribution in [0.1, 0.15) is 13.3 Å². The highest BCUT2D eigenvalue weighted by Crippen LogP contribution is 2.60. The first-order valence-electron chi connectivity index (χ1n) is 4.58. The van der Waals surface area contributed by atoms with E-state index in [1.165, 1.54) is 39.4 Å². The SMILES string of the molecule is CCCP(CCPCP(C)P)PP. The van der Waals surface area contributed by atoms with Crippen molar-refractivity contribution in [1.29, 1.82) is 0 Å². The second-order valence-electron chi connectivity index (χ2n) is 3.03. The van der Waals surface area contributed by atoms with Gasteiger partial charge in [0.2, 0.25) is 0 Å². The number of rotatable bonds is 8. The lowest BCUT2D eigenvalue weighted by molar-refractivity contribution is 1.10. The van der Waals surface area contributed by atoms with E-state index in [0.29, 0.717) is 7.61 Å². The maximum absolute atomic E-state index is 2.96. The Bertz CT molecular complexity index is 107. The highest BCUT2D eigenvalue weighted by atomic mass is 32.4. The van der Waals surface area contributed by atoms with Gasteiger partial charge in [-0.2, -0.15) is 0 Å². The lowest BCUT2D eigenvalue weighted by Crippen LogP contribution is -1.87. The van der Waals surface area contributed by atoms with Crippen molar-refractivity contribution in [3.63, 3.8) is 0 Å². The highest BCUT2D eigenvalue weighted by Gasteiger charge is 2.03. The van der Waals surface area contributed by atoms with Crippen molar-refractivity contribution in [2.45, 2.75) is 13.3 Å². The fourth-order valence-electron chi connectivity index (χ4n) is 0.980.